The van der Waals surface area contributed by atoms with Crippen LogP contribution in [-0.4, -0.2) is 22.0 Å². The van der Waals surface area contributed by atoms with E-state index in [4.69, 9.17) is 0 Å². The van der Waals surface area contributed by atoms with Gasteiger partial charge in [-0.1, -0.05) is 40.5 Å². The summed E-state index contributed by atoms with van der Waals surface area (Å²) in [5.41, 5.74) is 0. The Balaban J connectivity index is 3.53. The maximum Gasteiger partial charge on any atom is 0.00778 e. The Bertz CT molecular complexity index is 138. The van der Waals surface area contributed by atoms with Gasteiger partial charge in [0.05, 0.1) is 0 Å². The number of thioether (sulfide) groups is 2. The van der Waals surface area contributed by atoms with E-state index in [0.29, 0.717) is 4.75 Å². The van der Waals surface area contributed by atoms with Gasteiger partial charge in [-0.05, 0) is 31.3 Å². The quantitative estimate of drug-likeness (QED) is 0.551. The highest BCUT2D eigenvalue weighted by molar-refractivity contribution is 8.01. The molecule has 0 N–H and O–H groups in total. The molecule has 0 amide bonds. The number of rotatable bonds is 8. The second-order valence-electron chi connectivity index (χ2n) is 4.98. The molecule has 0 rings (SSSR count). The lowest BCUT2D eigenvalue weighted by molar-refractivity contribution is 0.643. The Morgan fingerprint density at radius 3 is 2.27 bits per heavy atom. The molecule has 0 heterocycles. The van der Waals surface area contributed by atoms with Crippen LogP contribution < -0.4 is 0 Å². The van der Waals surface area contributed by atoms with E-state index >= 15 is 0 Å². The fourth-order valence-corrected chi connectivity index (χ4v) is 3.45. The van der Waals surface area contributed by atoms with Crippen LogP contribution in [0.5, 0.6) is 0 Å². The van der Waals surface area contributed by atoms with E-state index in [1.54, 1.807) is 0 Å². The molecule has 0 aromatic rings. The van der Waals surface area contributed by atoms with Crippen LogP contribution in [-0.2, 0) is 0 Å². The van der Waals surface area contributed by atoms with Crippen molar-refractivity contribution in [3.05, 3.63) is 6.92 Å². The van der Waals surface area contributed by atoms with Crippen molar-refractivity contribution in [3.8, 4) is 0 Å². The predicted octanol–water partition coefficient (Wildman–Crippen LogP) is 5.03. The summed E-state index contributed by atoms with van der Waals surface area (Å²) in [4.78, 5) is 0. The number of hydrogen-bond donors (Lipinski definition) is 0. The summed E-state index contributed by atoms with van der Waals surface area (Å²) in [6.45, 7) is 11.0. The molecule has 0 aliphatic rings. The van der Waals surface area contributed by atoms with E-state index in [1.165, 1.54) is 31.4 Å². The van der Waals surface area contributed by atoms with Crippen LogP contribution in [0.1, 0.15) is 52.9 Å². The van der Waals surface area contributed by atoms with E-state index in [-0.39, 0.29) is 0 Å². The van der Waals surface area contributed by atoms with E-state index in [0.717, 1.165) is 11.7 Å². The fraction of sp³-hybridized carbons (Fsp3) is 0.923. The number of unbranched alkanes of at least 4 members (excludes halogenated alkanes) is 2. The molecule has 0 saturated heterocycles. The summed E-state index contributed by atoms with van der Waals surface area (Å²) in [6, 6.07) is 0. The van der Waals surface area contributed by atoms with Gasteiger partial charge < -0.3 is 0 Å². The lowest BCUT2D eigenvalue weighted by Crippen LogP contribution is -2.15. The Kier molecular flexibility index (Phi) is 9.22. The average molecular weight is 247 g/mol. The minimum atomic E-state index is 0.391. The van der Waals surface area contributed by atoms with E-state index in [2.05, 4.69) is 45.7 Å². The van der Waals surface area contributed by atoms with Gasteiger partial charge in [-0.3, -0.25) is 0 Å². The smallest absolute Gasteiger partial charge is 0.00778 e. The molecule has 0 aromatic carbocycles. The Hall–Kier alpha value is 0.700. The topological polar surface area (TPSA) is 0 Å². The summed E-state index contributed by atoms with van der Waals surface area (Å²) < 4.78 is 0.391. The predicted molar refractivity (Wildman–Crippen MR) is 78.0 cm³/mol. The third-order valence-corrected chi connectivity index (χ3v) is 4.43. The molecule has 91 valence electrons. The van der Waals surface area contributed by atoms with Crippen molar-refractivity contribution in [1.29, 1.82) is 0 Å². The second kappa shape index (κ2) is 8.81. The molecule has 1 radical (unpaired) electrons. The van der Waals surface area contributed by atoms with Gasteiger partial charge in [0.25, 0.3) is 0 Å². The van der Waals surface area contributed by atoms with Crippen LogP contribution >= 0.6 is 23.5 Å². The van der Waals surface area contributed by atoms with Crippen molar-refractivity contribution in [2.45, 2.75) is 62.9 Å². The molecule has 0 saturated carbocycles. The zero-order chi connectivity index (χ0) is 11.7. The molecule has 0 nitrogen and oxygen atoms in total. The summed E-state index contributed by atoms with van der Waals surface area (Å²) in [7, 11) is 0. The summed E-state index contributed by atoms with van der Waals surface area (Å²) in [5, 5.41) is 0.763. The molecule has 15 heavy (non-hydrogen) atoms. The molecule has 2 heteroatoms. The first-order valence-electron chi connectivity index (χ1n) is 5.95. The molecule has 0 spiro atoms. The first kappa shape index (κ1) is 15.7. The lowest BCUT2D eigenvalue weighted by Gasteiger charge is -2.24. The van der Waals surface area contributed by atoms with Gasteiger partial charge in [0.1, 0.15) is 0 Å². The molecule has 0 aliphatic heterocycles. The third-order valence-electron chi connectivity index (χ3n) is 2.22. The van der Waals surface area contributed by atoms with E-state index in [9.17, 15) is 0 Å². The molecule has 0 aliphatic carbocycles. The third kappa shape index (κ3) is 11.0. The lowest BCUT2D eigenvalue weighted by atomic mass is 10.1. The van der Waals surface area contributed by atoms with Crippen molar-refractivity contribution in [2.75, 3.05) is 12.0 Å². The van der Waals surface area contributed by atoms with Gasteiger partial charge in [0.15, 0.2) is 0 Å². The number of hydrogen-bond acceptors (Lipinski definition) is 2. The van der Waals surface area contributed by atoms with Crippen molar-refractivity contribution >= 4 is 23.5 Å². The van der Waals surface area contributed by atoms with E-state index in [1.807, 2.05) is 11.8 Å². The molecule has 0 bridgehead atoms. The fourth-order valence-electron chi connectivity index (χ4n) is 1.56. The molecule has 0 aromatic heterocycles. The van der Waals surface area contributed by atoms with Crippen molar-refractivity contribution in [3.63, 3.8) is 0 Å². The second-order valence-corrected chi connectivity index (χ2v) is 8.10. The highest BCUT2D eigenvalue weighted by Gasteiger charge is 2.17. The SMILES string of the molecule is [CH2]CC(CCCCCSC)SC(C)(C)C. The first-order chi connectivity index (χ1) is 6.99. The normalized spacial score (nSPS) is 14.2. The van der Waals surface area contributed by atoms with Crippen LogP contribution in [0.25, 0.3) is 0 Å². The standard InChI is InChI=1S/C13H27S2/c1-6-12(15-13(2,3)4)10-8-7-9-11-14-5/h12H,1,6-11H2,2-5H3. The zero-order valence-corrected chi connectivity index (χ0v) is 12.5. The van der Waals surface area contributed by atoms with Crippen LogP contribution in [0, 0.1) is 6.92 Å². The van der Waals surface area contributed by atoms with Gasteiger partial charge in [-0.2, -0.15) is 23.5 Å². The monoisotopic (exact) mass is 247 g/mol. The highest BCUT2D eigenvalue weighted by Crippen LogP contribution is 2.32. The molecule has 0 fully saturated rings. The minimum absolute atomic E-state index is 0.391. The molecular weight excluding hydrogens is 220 g/mol. The van der Waals surface area contributed by atoms with Gasteiger partial charge in [-0.25, -0.2) is 0 Å². The van der Waals surface area contributed by atoms with Crippen LogP contribution in [0.15, 0.2) is 0 Å². The van der Waals surface area contributed by atoms with Crippen LogP contribution in [0.3, 0.4) is 0 Å². The van der Waals surface area contributed by atoms with Crippen molar-refractivity contribution < 1.29 is 0 Å². The summed E-state index contributed by atoms with van der Waals surface area (Å²) in [6.07, 6.45) is 8.76. The molecule has 1 atom stereocenters. The van der Waals surface area contributed by atoms with E-state index < -0.39 is 0 Å². The van der Waals surface area contributed by atoms with Gasteiger partial charge in [0, 0.05) is 10.00 Å². The highest BCUT2D eigenvalue weighted by atomic mass is 32.2. The molecule has 1 unspecified atom stereocenters. The van der Waals surface area contributed by atoms with Crippen molar-refractivity contribution in [2.24, 2.45) is 0 Å². The first-order valence-corrected chi connectivity index (χ1v) is 8.23. The summed E-state index contributed by atoms with van der Waals surface area (Å²) in [5.74, 6) is 1.32. The van der Waals surface area contributed by atoms with Crippen LogP contribution in [0.4, 0.5) is 0 Å². The maximum atomic E-state index is 4.06. The zero-order valence-electron chi connectivity index (χ0n) is 10.8. The minimum Gasteiger partial charge on any atom is -0.165 e. The Labute approximate surface area is 105 Å². The van der Waals surface area contributed by atoms with Gasteiger partial charge in [-0.15, -0.1) is 0 Å². The van der Waals surface area contributed by atoms with Crippen molar-refractivity contribution in [1.82, 2.24) is 0 Å². The van der Waals surface area contributed by atoms with Crippen LogP contribution in [0.2, 0.25) is 0 Å². The van der Waals surface area contributed by atoms with Gasteiger partial charge >= 0.3 is 0 Å². The Morgan fingerprint density at radius 2 is 1.80 bits per heavy atom. The Morgan fingerprint density at radius 1 is 1.13 bits per heavy atom. The average Bonchev–Trinajstić information content (AvgIpc) is 2.14. The largest absolute Gasteiger partial charge is 0.165 e. The molecular formula is C13H27S2. The van der Waals surface area contributed by atoms with Gasteiger partial charge in [0.2, 0.25) is 0 Å². The summed E-state index contributed by atoms with van der Waals surface area (Å²) >= 11 is 4.06. The maximum absolute atomic E-state index is 4.06.